The molecule has 0 atom stereocenters. The Morgan fingerprint density at radius 2 is 2.07 bits per heavy atom. The minimum Gasteiger partial charge on any atom is -0.481 e. The van der Waals surface area contributed by atoms with E-state index in [1.807, 2.05) is 0 Å². The van der Waals surface area contributed by atoms with Crippen LogP contribution >= 0.6 is 0 Å². The van der Waals surface area contributed by atoms with Crippen molar-refractivity contribution in [1.82, 2.24) is 9.97 Å². The molecule has 1 aromatic heterocycles. The van der Waals surface area contributed by atoms with E-state index in [1.54, 1.807) is 19.4 Å². The molecule has 14 heavy (non-hydrogen) atoms. The summed E-state index contributed by atoms with van der Waals surface area (Å²) in [5, 5.41) is 0. The van der Waals surface area contributed by atoms with Crippen LogP contribution in [0.15, 0.2) is 12.3 Å². The van der Waals surface area contributed by atoms with Gasteiger partial charge < -0.3 is 9.64 Å². The van der Waals surface area contributed by atoms with E-state index >= 15 is 0 Å². The van der Waals surface area contributed by atoms with Crippen molar-refractivity contribution in [3.8, 4) is 5.88 Å². The minimum absolute atomic E-state index is 0.639. The van der Waals surface area contributed by atoms with Crippen molar-refractivity contribution in [3.63, 3.8) is 0 Å². The maximum Gasteiger partial charge on any atom is 0.228 e. The summed E-state index contributed by atoms with van der Waals surface area (Å²) in [6.07, 6.45) is 5.54. The van der Waals surface area contributed by atoms with Gasteiger partial charge in [0.05, 0.1) is 7.11 Å². The Balaban J connectivity index is 2.13. The smallest absolute Gasteiger partial charge is 0.228 e. The Morgan fingerprint density at radius 3 is 2.79 bits per heavy atom. The van der Waals surface area contributed by atoms with Gasteiger partial charge in [0.1, 0.15) is 0 Å². The predicted molar refractivity (Wildman–Crippen MR) is 54.6 cm³/mol. The largest absolute Gasteiger partial charge is 0.481 e. The summed E-state index contributed by atoms with van der Waals surface area (Å²) in [6.45, 7) is 2.13. The molecule has 4 heteroatoms. The lowest BCUT2D eigenvalue weighted by molar-refractivity contribution is 0.396. The highest BCUT2D eigenvalue weighted by atomic mass is 16.5. The first-order chi connectivity index (χ1) is 6.90. The van der Waals surface area contributed by atoms with Crippen LogP contribution in [-0.4, -0.2) is 30.2 Å². The monoisotopic (exact) mass is 193 g/mol. The third-order valence-electron chi connectivity index (χ3n) is 2.47. The fraction of sp³-hybridized carbons (Fsp3) is 0.600. The van der Waals surface area contributed by atoms with Crippen LogP contribution in [0.3, 0.4) is 0 Å². The number of ether oxygens (including phenoxy) is 1. The lowest BCUT2D eigenvalue weighted by atomic mass is 10.1. The molecule has 0 spiro atoms. The molecule has 0 saturated carbocycles. The summed E-state index contributed by atoms with van der Waals surface area (Å²) in [6, 6.07) is 1.77. The molecule has 1 saturated heterocycles. The van der Waals surface area contributed by atoms with Crippen molar-refractivity contribution >= 4 is 5.95 Å². The van der Waals surface area contributed by atoms with E-state index < -0.39 is 0 Å². The molecule has 1 aliphatic heterocycles. The third kappa shape index (κ3) is 1.95. The molecule has 0 radical (unpaired) electrons. The second-order valence-corrected chi connectivity index (χ2v) is 3.45. The molecular weight excluding hydrogens is 178 g/mol. The Hall–Kier alpha value is -1.32. The zero-order valence-corrected chi connectivity index (χ0v) is 8.44. The molecule has 0 aromatic carbocycles. The average Bonchev–Trinajstić information content (AvgIpc) is 2.30. The van der Waals surface area contributed by atoms with Gasteiger partial charge in [0.25, 0.3) is 0 Å². The molecule has 2 heterocycles. The van der Waals surface area contributed by atoms with Gasteiger partial charge in [-0.25, -0.2) is 4.98 Å². The van der Waals surface area contributed by atoms with E-state index in [0.717, 1.165) is 19.0 Å². The highest BCUT2D eigenvalue weighted by Crippen LogP contribution is 2.17. The van der Waals surface area contributed by atoms with Crippen LogP contribution in [0.5, 0.6) is 5.88 Å². The summed E-state index contributed by atoms with van der Waals surface area (Å²) < 4.78 is 5.07. The molecular formula is C10H15N3O. The minimum atomic E-state index is 0.639. The standard InChI is InChI=1S/C10H15N3O/c1-14-9-5-6-11-10(12-9)13-7-3-2-4-8-13/h5-6H,2-4,7-8H2,1H3. The van der Waals surface area contributed by atoms with Crippen molar-refractivity contribution in [2.45, 2.75) is 19.3 Å². The number of rotatable bonds is 2. The SMILES string of the molecule is COc1ccnc(N2CCCCC2)n1. The topological polar surface area (TPSA) is 38.2 Å². The van der Waals surface area contributed by atoms with Gasteiger partial charge in [-0.15, -0.1) is 0 Å². The van der Waals surface area contributed by atoms with Crippen LogP contribution in [-0.2, 0) is 0 Å². The third-order valence-corrected chi connectivity index (χ3v) is 2.47. The van der Waals surface area contributed by atoms with Crippen LogP contribution in [0.1, 0.15) is 19.3 Å². The molecule has 4 nitrogen and oxygen atoms in total. The van der Waals surface area contributed by atoms with Gasteiger partial charge in [-0.3, -0.25) is 0 Å². The zero-order valence-electron chi connectivity index (χ0n) is 8.44. The molecule has 0 aliphatic carbocycles. The fourth-order valence-electron chi connectivity index (χ4n) is 1.69. The van der Waals surface area contributed by atoms with Gasteiger partial charge in [-0.2, -0.15) is 4.98 Å². The Morgan fingerprint density at radius 1 is 1.29 bits per heavy atom. The van der Waals surface area contributed by atoms with Gasteiger partial charge in [-0.1, -0.05) is 0 Å². The number of piperidine rings is 1. The average molecular weight is 193 g/mol. The highest BCUT2D eigenvalue weighted by molar-refractivity contribution is 5.32. The fourth-order valence-corrected chi connectivity index (χ4v) is 1.69. The van der Waals surface area contributed by atoms with Crippen LogP contribution < -0.4 is 9.64 Å². The number of hydrogen-bond donors (Lipinski definition) is 0. The first-order valence-electron chi connectivity index (χ1n) is 5.02. The molecule has 1 fully saturated rings. The Bertz CT molecular complexity index is 297. The summed E-state index contributed by atoms with van der Waals surface area (Å²) in [5.41, 5.74) is 0. The van der Waals surface area contributed by atoms with E-state index in [9.17, 15) is 0 Å². The molecule has 0 unspecified atom stereocenters. The summed E-state index contributed by atoms with van der Waals surface area (Å²) in [4.78, 5) is 10.8. The summed E-state index contributed by atoms with van der Waals surface area (Å²) in [7, 11) is 1.63. The van der Waals surface area contributed by atoms with Crippen molar-refractivity contribution in [2.24, 2.45) is 0 Å². The predicted octanol–water partition coefficient (Wildman–Crippen LogP) is 1.48. The van der Waals surface area contributed by atoms with Crippen molar-refractivity contribution in [3.05, 3.63) is 12.3 Å². The highest BCUT2D eigenvalue weighted by Gasteiger charge is 2.13. The van der Waals surface area contributed by atoms with Gasteiger partial charge in [0.15, 0.2) is 0 Å². The van der Waals surface area contributed by atoms with E-state index in [4.69, 9.17) is 4.74 Å². The Labute approximate surface area is 83.9 Å². The van der Waals surface area contributed by atoms with Gasteiger partial charge in [-0.05, 0) is 19.3 Å². The van der Waals surface area contributed by atoms with Crippen LogP contribution in [0, 0.1) is 0 Å². The second-order valence-electron chi connectivity index (χ2n) is 3.45. The number of methoxy groups -OCH3 is 1. The van der Waals surface area contributed by atoms with Gasteiger partial charge in [0.2, 0.25) is 11.8 Å². The molecule has 76 valence electrons. The van der Waals surface area contributed by atoms with Crippen molar-refractivity contribution in [1.29, 1.82) is 0 Å². The number of hydrogen-bond acceptors (Lipinski definition) is 4. The number of aromatic nitrogens is 2. The van der Waals surface area contributed by atoms with E-state index in [-0.39, 0.29) is 0 Å². The normalized spacial score (nSPS) is 16.8. The quantitative estimate of drug-likeness (QED) is 0.713. The molecule has 0 N–H and O–H groups in total. The second kappa shape index (κ2) is 4.26. The van der Waals surface area contributed by atoms with E-state index in [2.05, 4.69) is 14.9 Å². The summed E-state index contributed by atoms with van der Waals surface area (Å²) in [5.74, 6) is 1.43. The van der Waals surface area contributed by atoms with E-state index in [1.165, 1.54) is 19.3 Å². The molecule has 0 bridgehead atoms. The van der Waals surface area contributed by atoms with Gasteiger partial charge >= 0.3 is 0 Å². The van der Waals surface area contributed by atoms with Crippen LogP contribution in [0.4, 0.5) is 5.95 Å². The molecule has 1 aliphatic rings. The zero-order chi connectivity index (χ0) is 9.80. The molecule has 1 aromatic rings. The maximum atomic E-state index is 5.07. The van der Waals surface area contributed by atoms with Crippen molar-refractivity contribution in [2.75, 3.05) is 25.1 Å². The number of nitrogens with zero attached hydrogens (tertiary/aromatic N) is 3. The van der Waals surface area contributed by atoms with E-state index in [0.29, 0.717) is 5.88 Å². The maximum absolute atomic E-state index is 5.07. The lowest BCUT2D eigenvalue weighted by Crippen LogP contribution is -2.30. The molecule has 2 rings (SSSR count). The van der Waals surface area contributed by atoms with Crippen LogP contribution in [0.25, 0.3) is 0 Å². The Kier molecular flexibility index (Phi) is 2.81. The number of anilines is 1. The van der Waals surface area contributed by atoms with Crippen molar-refractivity contribution < 1.29 is 4.74 Å². The first kappa shape index (κ1) is 9.24. The van der Waals surface area contributed by atoms with Gasteiger partial charge in [0, 0.05) is 25.4 Å². The van der Waals surface area contributed by atoms with Crippen LogP contribution in [0.2, 0.25) is 0 Å². The summed E-state index contributed by atoms with van der Waals surface area (Å²) >= 11 is 0. The lowest BCUT2D eigenvalue weighted by Gasteiger charge is -2.26. The molecule has 0 amide bonds. The first-order valence-corrected chi connectivity index (χ1v) is 5.02.